The molecule has 5 heteroatoms. The van der Waals surface area contributed by atoms with Crippen molar-refractivity contribution in [2.45, 2.75) is 26.3 Å². The van der Waals surface area contributed by atoms with Crippen molar-refractivity contribution in [3.05, 3.63) is 35.4 Å². The highest BCUT2D eigenvalue weighted by molar-refractivity contribution is 7.89. The quantitative estimate of drug-likeness (QED) is 0.837. The molecule has 0 radical (unpaired) electrons. The second-order valence-electron chi connectivity index (χ2n) is 5.56. The molecule has 0 saturated carbocycles. The predicted molar refractivity (Wildman–Crippen MR) is 80.1 cm³/mol. The first-order valence-electron chi connectivity index (χ1n) is 7.03. The lowest BCUT2D eigenvalue weighted by Gasteiger charge is -2.38. The van der Waals surface area contributed by atoms with Gasteiger partial charge in [-0.25, -0.2) is 8.42 Å². The lowest BCUT2D eigenvalue weighted by molar-refractivity contribution is 0.209. The van der Waals surface area contributed by atoms with E-state index in [4.69, 9.17) is 4.74 Å². The van der Waals surface area contributed by atoms with E-state index in [-0.39, 0.29) is 24.3 Å². The Morgan fingerprint density at radius 1 is 1.35 bits per heavy atom. The van der Waals surface area contributed by atoms with Gasteiger partial charge in [0.25, 0.3) is 0 Å². The van der Waals surface area contributed by atoms with Crippen LogP contribution in [0.4, 0.5) is 0 Å². The Labute approximate surface area is 121 Å². The summed E-state index contributed by atoms with van der Waals surface area (Å²) in [5, 5.41) is 0. The van der Waals surface area contributed by atoms with Crippen molar-refractivity contribution >= 4 is 10.0 Å². The summed E-state index contributed by atoms with van der Waals surface area (Å²) in [7, 11) is -1.75. The Kier molecular flexibility index (Phi) is 4.83. The zero-order valence-electron chi connectivity index (χ0n) is 12.4. The monoisotopic (exact) mass is 297 g/mol. The van der Waals surface area contributed by atoms with E-state index in [1.807, 2.05) is 12.1 Å². The van der Waals surface area contributed by atoms with E-state index in [0.717, 1.165) is 12.0 Å². The van der Waals surface area contributed by atoms with Crippen molar-refractivity contribution in [1.29, 1.82) is 0 Å². The van der Waals surface area contributed by atoms with E-state index in [2.05, 4.69) is 26.0 Å². The number of sulfonamides is 1. The molecule has 0 N–H and O–H groups in total. The zero-order valence-corrected chi connectivity index (χ0v) is 13.2. The van der Waals surface area contributed by atoms with Gasteiger partial charge < -0.3 is 4.74 Å². The molecule has 0 saturated heterocycles. The van der Waals surface area contributed by atoms with Gasteiger partial charge in [-0.1, -0.05) is 38.1 Å². The first-order chi connectivity index (χ1) is 9.47. The third-order valence-corrected chi connectivity index (χ3v) is 5.63. The molecule has 1 atom stereocenters. The van der Waals surface area contributed by atoms with Gasteiger partial charge in [-0.15, -0.1) is 0 Å². The fraction of sp³-hybridized carbons (Fsp3) is 0.600. The smallest absolute Gasteiger partial charge is 0.216 e. The number of hydrogen-bond acceptors (Lipinski definition) is 3. The number of methoxy groups -OCH3 is 1. The van der Waals surface area contributed by atoms with Gasteiger partial charge in [0.1, 0.15) is 0 Å². The van der Waals surface area contributed by atoms with E-state index < -0.39 is 10.0 Å². The Balaban J connectivity index is 2.36. The highest BCUT2D eigenvalue weighted by atomic mass is 32.2. The topological polar surface area (TPSA) is 46.6 Å². The van der Waals surface area contributed by atoms with Crippen LogP contribution in [0.5, 0.6) is 0 Å². The van der Waals surface area contributed by atoms with Gasteiger partial charge in [0, 0.05) is 13.7 Å². The van der Waals surface area contributed by atoms with Crippen LogP contribution in [0.25, 0.3) is 0 Å². The Bertz CT molecular complexity index is 554. The summed E-state index contributed by atoms with van der Waals surface area (Å²) in [5.74, 6) is 0.295. The van der Waals surface area contributed by atoms with E-state index in [9.17, 15) is 8.42 Å². The maximum absolute atomic E-state index is 12.5. The second kappa shape index (κ2) is 6.24. The average molecular weight is 297 g/mol. The molecule has 0 bridgehead atoms. The van der Waals surface area contributed by atoms with Crippen molar-refractivity contribution in [2.24, 2.45) is 5.92 Å². The van der Waals surface area contributed by atoms with E-state index in [0.29, 0.717) is 6.54 Å². The molecule has 1 unspecified atom stereocenters. The lowest BCUT2D eigenvalue weighted by Crippen LogP contribution is -2.43. The number of ether oxygens (including phenoxy) is 1. The highest BCUT2D eigenvalue weighted by Gasteiger charge is 2.36. The van der Waals surface area contributed by atoms with Crippen LogP contribution in [0.1, 0.15) is 31.0 Å². The summed E-state index contributed by atoms with van der Waals surface area (Å²) in [4.78, 5) is 0. The fourth-order valence-corrected chi connectivity index (χ4v) is 4.57. The molecule has 0 aromatic heterocycles. The maximum atomic E-state index is 12.5. The lowest BCUT2D eigenvalue weighted by atomic mass is 9.88. The first kappa shape index (κ1) is 15.5. The molecule has 1 aliphatic rings. The molecule has 0 fully saturated rings. The molecule has 1 heterocycles. The van der Waals surface area contributed by atoms with Gasteiger partial charge in [0.15, 0.2) is 0 Å². The number of fused-ring (bicyclic) bond motifs is 1. The number of rotatable bonds is 5. The number of hydrogen-bond donors (Lipinski definition) is 0. The zero-order chi connectivity index (χ0) is 14.8. The Morgan fingerprint density at radius 2 is 2.05 bits per heavy atom. The summed E-state index contributed by atoms with van der Waals surface area (Å²) in [5.41, 5.74) is 2.42. The Morgan fingerprint density at radius 3 is 2.70 bits per heavy atom. The first-order valence-corrected chi connectivity index (χ1v) is 8.64. The maximum Gasteiger partial charge on any atom is 0.216 e. The molecule has 0 amide bonds. The van der Waals surface area contributed by atoms with Crippen LogP contribution in [0.15, 0.2) is 24.3 Å². The molecular weight excluding hydrogens is 274 g/mol. The second-order valence-corrected chi connectivity index (χ2v) is 7.60. The highest BCUT2D eigenvalue weighted by Crippen LogP contribution is 2.36. The van der Waals surface area contributed by atoms with Crippen LogP contribution < -0.4 is 0 Å². The minimum atomic E-state index is -3.27. The van der Waals surface area contributed by atoms with Crippen molar-refractivity contribution < 1.29 is 13.2 Å². The Hall–Kier alpha value is -0.910. The number of nitrogens with zero attached hydrogens (tertiary/aromatic N) is 1. The molecule has 0 aliphatic carbocycles. The third kappa shape index (κ3) is 3.05. The van der Waals surface area contributed by atoms with Gasteiger partial charge in [-0.3, -0.25) is 0 Å². The van der Waals surface area contributed by atoms with Crippen LogP contribution in [-0.4, -0.2) is 38.7 Å². The third-order valence-electron chi connectivity index (χ3n) is 3.82. The molecule has 4 nitrogen and oxygen atoms in total. The molecular formula is C15H23NO3S. The summed E-state index contributed by atoms with van der Waals surface area (Å²) in [6.07, 6.45) is 0.783. The molecule has 20 heavy (non-hydrogen) atoms. The molecule has 1 aliphatic heterocycles. The molecule has 2 rings (SSSR count). The van der Waals surface area contributed by atoms with Gasteiger partial charge in [0.2, 0.25) is 10.0 Å². The minimum Gasteiger partial charge on any atom is -0.384 e. The predicted octanol–water partition coefficient (Wildman–Crippen LogP) is 2.22. The van der Waals surface area contributed by atoms with E-state index in [1.165, 1.54) is 12.7 Å². The van der Waals surface area contributed by atoms with Gasteiger partial charge >= 0.3 is 0 Å². The van der Waals surface area contributed by atoms with Crippen LogP contribution in [0, 0.1) is 5.92 Å². The van der Waals surface area contributed by atoms with Gasteiger partial charge in [-0.05, 0) is 23.5 Å². The summed E-state index contributed by atoms with van der Waals surface area (Å²) in [6.45, 7) is 4.95. The molecule has 1 aromatic rings. The van der Waals surface area contributed by atoms with Crippen molar-refractivity contribution in [3.63, 3.8) is 0 Å². The summed E-state index contributed by atoms with van der Waals surface area (Å²) < 4.78 is 31.6. The standard InChI is InChI=1S/C15H23NO3S/c1-12(2)15-14-7-5-4-6-13(14)8-9-16(15)20(17,18)11-10-19-3/h4-7,12,15H,8-11H2,1-3H3. The summed E-state index contributed by atoms with van der Waals surface area (Å²) in [6, 6.07) is 8.09. The average Bonchev–Trinajstić information content (AvgIpc) is 2.43. The van der Waals surface area contributed by atoms with Gasteiger partial charge in [0.05, 0.1) is 18.4 Å². The van der Waals surface area contributed by atoms with Crippen molar-refractivity contribution in [1.82, 2.24) is 4.31 Å². The van der Waals surface area contributed by atoms with Crippen molar-refractivity contribution in [3.8, 4) is 0 Å². The van der Waals surface area contributed by atoms with Gasteiger partial charge in [-0.2, -0.15) is 4.31 Å². The van der Waals surface area contributed by atoms with Crippen LogP contribution >= 0.6 is 0 Å². The van der Waals surface area contributed by atoms with Crippen LogP contribution in [0.3, 0.4) is 0 Å². The largest absolute Gasteiger partial charge is 0.384 e. The number of benzene rings is 1. The van der Waals surface area contributed by atoms with Crippen LogP contribution in [0.2, 0.25) is 0 Å². The van der Waals surface area contributed by atoms with E-state index >= 15 is 0 Å². The SMILES string of the molecule is COCCS(=O)(=O)N1CCc2ccccc2C1C(C)C. The fourth-order valence-electron chi connectivity index (χ4n) is 2.88. The van der Waals surface area contributed by atoms with Crippen LogP contribution in [-0.2, 0) is 21.2 Å². The molecule has 0 spiro atoms. The van der Waals surface area contributed by atoms with Crippen molar-refractivity contribution in [2.75, 3.05) is 26.0 Å². The van der Waals surface area contributed by atoms with E-state index in [1.54, 1.807) is 4.31 Å². The molecule has 112 valence electrons. The summed E-state index contributed by atoms with van der Waals surface area (Å²) >= 11 is 0. The minimum absolute atomic E-state index is 0.0505. The molecule has 1 aromatic carbocycles. The normalized spacial score (nSPS) is 20.1.